The summed E-state index contributed by atoms with van der Waals surface area (Å²) in [5.74, 6) is -0.00865. The van der Waals surface area contributed by atoms with Crippen molar-refractivity contribution in [2.24, 2.45) is 5.73 Å². The van der Waals surface area contributed by atoms with Crippen molar-refractivity contribution in [1.29, 1.82) is 0 Å². The fourth-order valence-corrected chi connectivity index (χ4v) is 1.94. The molecular formula is C12H18N4O. The minimum atomic E-state index is -0.463. The van der Waals surface area contributed by atoms with E-state index in [2.05, 4.69) is 9.97 Å². The Hall–Kier alpha value is -1.49. The second kappa shape index (κ2) is 4.79. The summed E-state index contributed by atoms with van der Waals surface area (Å²) in [5, 5.41) is 0. The summed E-state index contributed by atoms with van der Waals surface area (Å²) in [4.78, 5) is 22.2. The van der Waals surface area contributed by atoms with Crippen LogP contribution in [-0.2, 0) is 4.79 Å². The van der Waals surface area contributed by atoms with Crippen molar-refractivity contribution < 1.29 is 4.79 Å². The van der Waals surface area contributed by atoms with Gasteiger partial charge in [-0.25, -0.2) is 0 Å². The first-order chi connectivity index (χ1) is 8.11. The third-order valence-electron chi connectivity index (χ3n) is 3.01. The Labute approximate surface area is 101 Å². The van der Waals surface area contributed by atoms with Gasteiger partial charge in [0.15, 0.2) is 0 Å². The maximum absolute atomic E-state index is 12.1. The molecule has 1 saturated carbocycles. The van der Waals surface area contributed by atoms with Crippen LogP contribution < -0.4 is 5.73 Å². The standard InChI is InChI=1S/C12H18N4O/c1-8(13)12(17)16(10-3-4-10)9(2)11-7-14-5-6-15-11/h5-10H,3-4,13H2,1-2H3/t8-,9?/m0/s1. The average molecular weight is 234 g/mol. The molecule has 0 radical (unpaired) electrons. The number of aromatic nitrogens is 2. The predicted octanol–water partition coefficient (Wildman–Crippen LogP) is 0.876. The topological polar surface area (TPSA) is 72.1 Å². The quantitative estimate of drug-likeness (QED) is 0.839. The van der Waals surface area contributed by atoms with Crippen LogP contribution in [0.2, 0.25) is 0 Å². The number of hydrogen-bond acceptors (Lipinski definition) is 4. The second-order valence-corrected chi connectivity index (χ2v) is 4.57. The Morgan fingerprint density at radius 3 is 2.65 bits per heavy atom. The highest BCUT2D eigenvalue weighted by Gasteiger charge is 2.37. The van der Waals surface area contributed by atoms with Gasteiger partial charge in [0.05, 0.1) is 24.0 Å². The highest BCUT2D eigenvalue weighted by molar-refractivity contribution is 5.82. The first-order valence-electron chi connectivity index (χ1n) is 5.95. The van der Waals surface area contributed by atoms with E-state index in [0.29, 0.717) is 6.04 Å². The summed E-state index contributed by atoms with van der Waals surface area (Å²) < 4.78 is 0. The van der Waals surface area contributed by atoms with Crippen LogP contribution in [-0.4, -0.2) is 32.9 Å². The van der Waals surface area contributed by atoms with Gasteiger partial charge in [-0.05, 0) is 26.7 Å². The van der Waals surface area contributed by atoms with Gasteiger partial charge in [0, 0.05) is 18.4 Å². The van der Waals surface area contributed by atoms with Gasteiger partial charge in [0.1, 0.15) is 0 Å². The summed E-state index contributed by atoms with van der Waals surface area (Å²) >= 11 is 0. The molecule has 1 aromatic heterocycles. The molecule has 1 amide bonds. The molecule has 0 spiro atoms. The highest BCUT2D eigenvalue weighted by Crippen LogP contribution is 2.33. The van der Waals surface area contributed by atoms with Gasteiger partial charge in [0.2, 0.25) is 5.91 Å². The fraction of sp³-hybridized carbons (Fsp3) is 0.583. The Bertz CT molecular complexity index is 389. The van der Waals surface area contributed by atoms with Crippen LogP contribution >= 0.6 is 0 Å². The third-order valence-corrected chi connectivity index (χ3v) is 3.01. The van der Waals surface area contributed by atoms with Gasteiger partial charge in [0.25, 0.3) is 0 Å². The number of nitrogens with zero attached hydrogens (tertiary/aromatic N) is 3. The van der Waals surface area contributed by atoms with Gasteiger partial charge in [-0.2, -0.15) is 0 Å². The normalized spacial score (nSPS) is 18.5. The molecule has 0 bridgehead atoms. The molecule has 0 aliphatic heterocycles. The van der Waals surface area contributed by atoms with Crippen molar-refractivity contribution in [3.8, 4) is 0 Å². The monoisotopic (exact) mass is 234 g/mol. The molecule has 1 aliphatic carbocycles. The fourth-order valence-electron chi connectivity index (χ4n) is 1.94. The number of hydrogen-bond donors (Lipinski definition) is 1. The second-order valence-electron chi connectivity index (χ2n) is 4.57. The Balaban J connectivity index is 2.19. The van der Waals surface area contributed by atoms with Gasteiger partial charge >= 0.3 is 0 Å². The van der Waals surface area contributed by atoms with Gasteiger partial charge in [-0.3, -0.25) is 14.8 Å². The van der Waals surface area contributed by atoms with E-state index >= 15 is 0 Å². The van der Waals surface area contributed by atoms with Crippen LogP contribution in [0.5, 0.6) is 0 Å². The molecular weight excluding hydrogens is 216 g/mol. The summed E-state index contributed by atoms with van der Waals surface area (Å²) in [6.07, 6.45) is 7.10. The molecule has 2 N–H and O–H groups in total. The summed E-state index contributed by atoms with van der Waals surface area (Å²) in [7, 11) is 0. The zero-order valence-electron chi connectivity index (χ0n) is 10.2. The maximum atomic E-state index is 12.1. The average Bonchev–Trinajstić information content (AvgIpc) is 3.14. The number of carbonyl (C=O) groups is 1. The van der Waals surface area contributed by atoms with E-state index < -0.39 is 6.04 Å². The van der Waals surface area contributed by atoms with E-state index in [-0.39, 0.29) is 11.9 Å². The molecule has 0 aromatic carbocycles. The first kappa shape index (κ1) is 12.0. The van der Waals surface area contributed by atoms with E-state index in [4.69, 9.17) is 5.73 Å². The molecule has 5 heteroatoms. The molecule has 1 aliphatic rings. The van der Waals surface area contributed by atoms with Crippen molar-refractivity contribution >= 4 is 5.91 Å². The van der Waals surface area contributed by atoms with Gasteiger partial charge in [-0.1, -0.05) is 0 Å². The Kier molecular flexibility index (Phi) is 3.38. The van der Waals surface area contributed by atoms with Crippen molar-refractivity contribution in [2.45, 2.75) is 44.8 Å². The summed E-state index contributed by atoms with van der Waals surface area (Å²) in [5.41, 5.74) is 6.50. The number of nitrogens with two attached hydrogens (primary N) is 1. The van der Waals surface area contributed by atoms with E-state index in [1.165, 1.54) is 0 Å². The molecule has 92 valence electrons. The first-order valence-corrected chi connectivity index (χ1v) is 5.95. The largest absolute Gasteiger partial charge is 0.330 e. The molecule has 1 heterocycles. The Morgan fingerprint density at radius 1 is 1.47 bits per heavy atom. The lowest BCUT2D eigenvalue weighted by Gasteiger charge is -2.30. The zero-order chi connectivity index (χ0) is 12.4. The van der Waals surface area contributed by atoms with Crippen LogP contribution in [0, 0.1) is 0 Å². The van der Waals surface area contributed by atoms with Crippen LogP contribution in [0.1, 0.15) is 38.4 Å². The molecule has 2 rings (SSSR count). The van der Waals surface area contributed by atoms with E-state index in [9.17, 15) is 4.79 Å². The van der Waals surface area contributed by atoms with Crippen LogP contribution in [0.4, 0.5) is 0 Å². The van der Waals surface area contributed by atoms with Gasteiger partial charge < -0.3 is 10.6 Å². The van der Waals surface area contributed by atoms with Crippen LogP contribution in [0.15, 0.2) is 18.6 Å². The lowest BCUT2D eigenvalue weighted by atomic mass is 10.1. The molecule has 1 aromatic rings. The lowest BCUT2D eigenvalue weighted by molar-refractivity contribution is -0.135. The minimum absolute atomic E-state index is 0.00865. The van der Waals surface area contributed by atoms with E-state index in [1.807, 2.05) is 11.8 Å². The van der Waals surface area contributed by atoms with Crippen LogP contribution in [0.25, 0.3) is 0 Å². The summed E-state index contributed by atoms with van der Waals surface area (Å²) in [6, 6.07) is -0.199. The Morgan fingerprint density at radius 2 is 2.18 bits per heavy atom. The SMILES string of the molecule is CC(c1cnccn1)N(C(=O)[C@H](C)N)C1CC1. The zero-order valence-corrected chi connectivity index (χ0v) is 10.2. The smallest absolute Gasteiger partial charge is 0.240 e. The molecule has 2 atom stereocenters. The lowest BCUT2D eigenvalue weighted by Crippen LogP contribution is -2.44. The van der Waals surface area contributed by atoms with Crippen molar-refractivity contribution in [3.05, 3.63) is 24.3 Å². The maximum Gasteiger partial charge on any atom is 0.240 e. The van der Waals surface area contributed by atoms with E-state index in [1.54, 1.807) is 25.5 Å². The van der Waals surface area contributed by atoms with Crippen molar-refractivity contribution in [2.75, 3.05) is 0 Å². The molecule has 5 nitrogen and oxygen atoms in total. The number of carbonyl (C=O) groups excluding carboxylic acids is 1. The molecule has 1 fully saturated rings. The molecule has 0 saturated heterocycles. The van der Waals surface area contributed by atoms with E-state index in [0.717, 1.165) is 18.5 Å². The highest BCUT2D eigenvalue weighted by atomic mass is 16.2. The minimum Gasteiger partial charge on any atom is -0.330 e. The number of rotatable bonds is 4. The molecule has 1 unspecified atom stereocenters. The number of amides is 1. The summed E-state index contributed by atoms with van der Waals surface area (Å²) in [6.45, 7) is 3.70. The van der Waals surface area contributed by atoms with Crippen molar-refractivity contribution in [3.63, 3.8) is 0 Å². The predicted molar refractivity (Wildman–Crippen MR) is 64.0 cm³/mol. The van der Waals surface area contributed by atoms with Crippen molar-refractivity contribution in [1.82, 2.24) is 14.9 Å². The molecule has 17 heavy (non-hydrogen) atoms. The van der Waals surface area contributed by atoms with Crippen LogP contribution in [0.3, 0.4) is 0 Å². The van der Waals surface area contributed by atoms with Gasteiger partial charge in [-0.15, -0.1) is 0 Å². The third kappa shape index (κ3) is 2.61.